The summed E-state index contributed by atoms with van der Waals surface area (Å²) in [6, 6.07) is 29.3. The van der Waals surface area contributed by atoms with E-state index in [1.165, 1.54) is 17.7 Å². The Labute approximate surface area is 199 Å². The van der Waals surface area contributed by atoms with Gasteiger partial charge in [-0.05, 0) is 58.9 Å². The van der Waals surface area contributed by atoms with Gasteiger partial charge in [-0.3, -0.25) is 4.55 Å². The summed E-state index contributed by atoms with van der Waals surface area (Å²) in [4.78, 5) is -0.558. The number of phenols is 2. The normalized spacial score (nSPS) is 13.4. The van der Waals surface area contributed by atoms with Crippen LogP contribution in [0.2, 0.25) is 0 Å². The Morgan fingerprint density at radius 2 is 1.24 bits per heavy atom. The van der Waals surface area contributed by atoms with E-state index in [9.17, 15) is 23.2 Å². The first-order chi connectivity index (χ1) is 16.2. The summed E-state index contributed by atoms with van der Waals surface area (Å²) >= 11 is 0. The van der Waals surface area contributed by atoms with E-state index in [4.69, 9.17) is 0 Å². The lowest BCUT2D eigenvalue weighted by Gasteiger charge is -2.24. The predicted octanol–water partition coefficient (Wildman–Crippen LogP) is 6.34. The third-order valence-electron chi connectivity index (χ3n) is 6.13. The van der Waals surface area contributed by atoms with Crippen molar-refractivity contribution < 1.29 is 23.2 Å². The Kier molecular flexibility index (Phi) is 6.72. The highest BCUT2D eigenvalue weighted by Crippen LogP contribution is 2.41. The van der Waals surface area contributed by atoms with Crippen molar-refractivity contribution in [3.05, 3.63) is 114 Å². The lowest BCUT2D eigenvalue weighted by Crippen LogP contribution is -2.07. The quantitative estimate of drug-likeness (QED) is 0.272. The van der Waals surface area contributed by atoms with Gasteiger partial charge in [0, 0.05) is 11.5 Å². The average molecular weight is 475 g/mol. The van der Waals surface area contributed by atoms with Crippen molar-refractivity contribution in [3.63, 3.8) is 0 Å². The first-order valence-corrected chi connectivity index (χ1v) is 12.4. The van der Waals surface area contributed by atoms with Gasteiger partial charge in [-0.25, -0.2) is 0 Å². The minimum Gasteiger partial charge on any atom is -0.508 e. The van der Waals surface area contributed by atoms with Crippen molar-refractivity contribution in [3.8, 4) is 22.6 Å². The van der Waals surface area contributed by atoms with E-state index in [-0.39, 0.29) is 17.6 Å². The number of hydrogen-bond acceptors (Lipinski definition) is 4. The molecule has 3 N–H and O–H groups in total. The molecule has 174 valence electrons. The van der Waals surface area contributed by atoms with Crippen LogP contribution in [0, 0.1) is 0 Å². The third-order valence-corrected chi connectivity index (χ3v) is 7.02. The smallest absolute Gasteiger partial charge is 0.298 e. The molecule has 0 radical (unpaired) electrons. The van der Waals surface area contributed by atoms with Crippen LogP contribution in [-0.4, -0.2) is 23.2 Å². The second kappa shape index (κ2) is 9.71. The molecule has 0 aliphatic rings. The molecule has 34 heavy (non-hydrogen) atoms. The Hall–Kier alpha value is -3.61. The van der Waals surface area contributed by atoms with Crippen LogP contribution in [0.25, 0.3) is 11.1 Å². The number of rotatable bonds is 7. The molecule has 0 saturated heterocycles. The van der Waals surface area contributed by atoms with Crippen LogP contribution in [0.1, 0.15) is 41.9 Å². The second-order valence-corrected chi connectivity index (χ2v) is 9.83. The fourth-order valence-electron chi connectivity index (χ4n) is 4.31. The summed E-state index contributed by atoms with van der Waals surface area (Å²) in [6.45, 7) is 2.16. The van der Waals surface area contributed by atoms with Crippen molar-refractivity contribution in [2.45, 2.75) is 30.1 Å². The lowest BCUT2D eigenvalue weighted by molar-refractivity contribution is 0.443. The maximum Gasteiger partial charge on any atom is 0.298 e. The monoisotopic (exact) mass is 474 g/mol. The molecule has 6 heteroatoms. The first-order valence-electron chi connectivity index (χ1n) is 11.0. The molecule has 0 heterocycles. The number of aromatic hydroxyl groups is 2. The molecule has 4 aromatic rings. The number of phenolic OH excluding ortho intramolecular Hbond substituents is 2. The molecule has 4 aromatic carbocycles. The largest absolute Gasteiger partial charge is 0.508 e. The van der Waals surface area contributed by atoms with Gasteiger partial charge < -0.3 is 10.2 Å². The van der Waals surface area contributed by atoms with Gasteiger partial charge in [0.1, 0.15) is 16.4 Å². The summed E-state index contributed by atoms with van der Waals surface area (Å²) in [5.74, 6) is -0.278. The summed E-state index contributed by atoms with van der Waals surface area (Å²) in [7, 11) is -4.59. The highest BCUT2D eigenvalue weighted by atomic mass is 32.2. The zero-order valence-electron chi connectivity index (χ0n) is 18.7. The Bertz CT molecular complexity index is 1380. The molecule has 2 atom stereocenters. The zero-order chi connectivity index (χ0) is 24.3. The molecule has 5 nitrogen and oxygen atoms in total. The molecule has 0 aliphatic heterocycles. The minimum atomic E-state index is -4.59. The van der Waals surface area contributed by atoms with Crippen molar-refractivity contribution in [2.24, 2.45) is 0 Å². The molecule has 0 bridgehead atoms. The van der Waals surface area contributed by atoms with Gasteiger partial charge in [-0.15, -0.1) is 0 Å². The lowest BCUT2D eigenvalue weighted by atomic mass is 9.81. The maximum atomic E-state index is 11.7. The Morgan fingerprint density at radius 1 is 0.706 bits per heavy atom. The Balaban J connectivity index is 1.79. The highest BCUT2D eigenvalue weighted by molar-refractivity contribution is 7.86. The van der Waals surface area contributed by atoms with Crippen LogP contribution in [0.15, 0.2) is 102 Å². The molecule has 0 fully saturated rings. The first kappa shape index (κ1) is 23.5. The molecule has 0 aliphatic carbocycles. The molecule has 0 amide bonds. The van der Waals surface area contributed by atoms with Crippen LogP contribution in [0.5, 0.6) is 11.5 Å². The van der Waals surface area contributed by atoms with Gasteiger partial charge in [-0.2, -0.15) is 8.42 Å². The van der Waals surface area contributed by atoms with E-state index in [0.717, 1.165) is 12.0 Å². The van der Waals surface area contributed by atoms with E-state index in [1.54, 1.807) is 18.2 Å². The van der Waals surface area contributed by atoms with Gasteiger partial charge >= 0.3 is 0 Å². The molecule has 4 rings (SSSR count). The summed E-state index contributed by atoms with van der Waals surface area (Å²) in [5.41, 5.74) is 4.13. The standard InChI is InChI=1S/C28H26O5S/c1-19(20-8-4-2-5-9-20)16-24(21-10-6-3-7-11-21)25-17-22(12-14-26(25)29)23-13-15-27(30)28(18-23)34(31,32)33/h2-15,17-19,24,29-30H,16H2,1H3,(H,31,32,33). The van der Waals surface area contributed by atoms with Gasteiger partial charge in [0.15, 0.2) is 0 Å². The van der Waals surface area contributed by atoms with Gasteiger partial charge in [0.25, 0.3) is 10.1 Å². The average Bonchev–Trinajstić information content (AvgIpc) is 2.84. The summed E-state index contributed by atoms with van der Waals surface area (Å²) < 4.78 is 32.8. The van der Waals surface area contributed by atoms with Crippen LogP contribution in [0.3, 0.4) is 0 Å². The summed E-state index contributed by atoms with van der Waals surface area (Å²) in [6.07, 6.45) is 0.747. The Morgan fingerprint density at radius 3 is 1.82 bits per heavy atom. The van der Waals surface area contributed by atoms with Gasteiger partial charge in [0.2, 0.25) is 0 Å². The topological polar surface area (TPSA) is 94.8 Å². The van der Waals surface area contributed by atoms with Crippen molar-refractivity contribution in [2.75, 3.05) is 0 Å². The maximum absolute atomic E-state index is 11.7. The highest BCUT2D eigenvalue weighted by Gasteiger charge is 2.23. The van der Waals surface area contributed by atoms with Crippen LogP contribution in [-0.2, 0) is 10.1 Å². The number of benzene rings is 4. The molecule has 0 spiro atoms. The van der Waals surface area contributed by atoms with Crippen LogP contribution in [0.4, 0.5) is 0 Å². The zero-order valence-corrected chi connectivity index (χ0v) is 19.5. The summed E-state index contributed by atoms with van der Waals surface area (Å²) in [5, 5.41) is 20.7. The number of hydrogen-bond donors (Lipinski definition) is 3. The molecular formula is C28H26O5S. The van der Waals surface area contributed by atoms with Crippen molar-refractivity contribution in [1.82, 2.24) is 0 Å². The fraction of sp³-hybridized carbons (Fsp3) is 0.143. The predicted molar refractivity (Wildman–Crippen MR) is 133 cm³/mol. The van der Waals surface area contributed by atoms with E-state index < -0.39 is 20.8 Å². The van der Waals surface area contributed by atoms with E-state index in [0.29, 0.717) is 16.7 Å². The van der Waals surface area contributed by atoms with Gasteiger partial charge in [0.05, 0.1) is 0 Å². The molecule has 2 unspecified atom stereocenters. The van der Waals surface area contributed by atoms with Gasteiger partial charge in [-0.1, -0.05) is 79.7 Å². The SMILES string of the molecule is CC(CC(c1ccccc1)c1cc(-c2ccc(O)c(S(=O)(=O)O)c2)ccc1O)c1ccccc1. The third kappa shape index (κ3) is 5.14. The van der Waals surface area contributed by atoms with Crippen molar-refractivity contribution in [1.29, 1.82) is 0 Å². The second-order valence-electron chi connectivity index (χ2n) is 8.44. The molecular weight excluding hydrogens is 448 g/mol. The van der Waals surface area contributed by atoms with Crippen molar-refractivity contribution >= 4 is 10.1 Å². The van der Waals surface area contributed by atoms with Crippen LogP contribution < -0.4 is 0 Å². The van der Waals surface area contributed by atoms with Crippen LogP contribution >= 0.6 is 0 Å². The fourth-order valence-corrected chi connectivity index (χ4v) is 4.92. The van der Waals surface area contributed by atoms with E-state index in [2.05, 4.69) is 19.1 Å². The molecule has 0 aromatic heterocycles. The minimum absolute atomic E-state index is 0.116. The molecule has 0 saturated carbocycles. The van der Waals surface area contributed by atoms with E-state index >= 15 is 0 Å². The van der Waals surface area contributed by atoms with E-state index in [1.807, 2.05) is 54.6 Å².